The normalized spacial score (nSPS) is 11.8. The molecule has 0 amide bonds. The molecule has 0 bridgehead atoms. The van der Waals surface area contributed by atoms with E-state index in [0.29, 0.717) is 20.8 Å². The van der Waals surface area contributed by atoms with Crippen LogP contribution in [0.4, 0.5) is 5.69 Å². The standard InChI is InChI=1S/C28H27Cl4NO6.C8H5Cl3O2/c1-16-5-8-20(11-17(16)2)33(25(14-36-3)38-27(34)21-12-18(29)6-9-23(21)31)26(15-37-4)39-28(35)22-13-19(30)7-10-24(22)32;1-13-7-5(10)3-2-4(9)6(7)8(11)12/h5-13,25-26H,14-15H2,1-4H3;2-3H,1H3. The van der Waals surface area contributed by atoms with Gasteiger partial charge in [0, 0.05) is 30.0 Å². The molecular formula is C36H32Cl7NO8. The van der Waals surface area contributed by atoms with Crippen LogP contribution in [0.2, 0.25) is 30.1 Å². The van der Waals surface area contributed by atoms with Gasteiger partial charge in [-0.15, -0.1) is 0 Å². The summed E-state index contributed by atoms with van der Waals surface area (Å²) in [7, 11) is 4.30. The molecule has 0 fully saturated rings. The van der Waals surface area contributed by atoms with Crippen LogP contribution in [0.3, 0.4) is 0 Å². The number of carbonyl (C=O) groups excluding carboxylic acids is 3. The van der Waals surface area contributed by atoms with E-state index < -0.39 is 29.6 Å². The topological polar surface area (TPSA) is 101 Å². The summed E-state index contributed by atoms with van der Waals surface area (Å²) in [5.74, 6) is -1.30. The van der Waals surface area contributed by atoms with Gasteiger partial charge in [0.15, 0.2) is 5.75 Å². The van der Waals surface area contributed by atoms with Gasteiger partial charge in [0.05, 0.1) is 43.9 Å². The molecule has 52 heavy (non-hydrogen) atoms. The van der Waals surface area contributed by atoms with E-state index in [9.17, 15) is 14.4 Å². The Labute approximate surface area is 336 Å². The molecule has 4 rings (SSSR count). The summed E-state index contributed by atoms with van der Waals surface area (Å²) in [6.07, 6.45) is -2.16. The highest BCUT2D eigenvalue weighted by Gasteiger charge is 2.34. The highest BCUT2D eigenvalue weighted by Crippen LogP contribution is 2.35. The minimum atomic E-state index is -1.08. The van der Waals surface area contributed by atoms with Crippen molar-refractivity contribution in [3.63, 3.8) is 0 Å². The largest absolute Gasteiger partial charge is 0.494 e. The van der Waals surface area contributed by atoms with Crippen LogP contribution in [-0.4, -0.2) is 64.2 Å². The monoisotopic (exact) mass is 851 g/mol. The summed E-state index contributed by atoms with van der Waals surface area (Å²) in [5.41, 5.74) is 2.80. The lowest BCUT2D eigenvalue weighted by Gasteiger charge is -2.38. The van der Waals surface area contributed by atoms with Crippen LogP contribution in [0.1, 0.15) is 42.2 Å². The summed E-state index contributed by atoms with van der Waals surface area (Å²) < 4.78 is 27.5. The Kier molecular flexibility index (Phi) is 17.1. The molecule has 0 N–H and O–H groups in total. The van der Waals surface area contributed by atoms with Crippen molar-refractivity contribution in [1.82, 2.24) is 0 Å². The number of hydrogen-bond donors (Lipinski definition) is 0. The van der Waals surface area contributed by atoms with Crippen molar-refractivity contribution in [3.05, 3.63) is 125 Å². The van der Waals surface area contributed by atoms with Gasteiger partial charge >= 0.3 is 11.9 Å². The van der Waals surface area contributed by atoms with E-state index in [4.69, 9.17) is 105 Å². The second kappa shape index (κ2) is 20.5. The van der Waals surface area contributed by atoms with Gasteiger partial charge in [-0.05, 0) is 97.2 Å². The van der Waals surface area contributed by atoms with Gasteiger partial charge in [0.25, 0.3) is 5.24 Å². The van der Waals surface area contributed by atoms with E-state index in [1.165, 1.54) is 57.7 Å². The summed E-state index contributed by atoms with van der Waals surface area (Å²) >= 11 is 41.4. The van der Waals surface area contributed by atoms with Crippen molar-refractivity contribution < 1.29 is 38.1 Å². The molecular weight excluding hydrogens is 823 g/mol. The lowest BCUT2D eigenvalue weighted by Crippen LogP contribution is -2.52. The Morgan fingerprint density at radius 2 is 1.08 bits per heavy atom. The third-order valence-corrected chi connectivity index (χ3v) is 9.20. The number of hydrogen-bond acceptors (Lipinski definition) is 9. The van der Waals surface area contributed by atoms with Crippen LogP contribution < -0.4 is 9.64 Å². The maximum absolute atomic E-state index is 13.2. The van der Waals surface area contributed by atoms with E-state index >= 15 is 0 Å². The summed E-state index contributed by atoms with van der Waals surface area (Å²) in [6, 6.07) is 17.5. The molecule has 0 radical (unpaired) electrons. The number of rotatable bonds is 13. The molecule has 2 unspecified atom stereocenters. The highest BCUT2D eigenvalue weighted by atomic mass is 35.5. The smallest absolute Gasteiger partial charge is 0.341 e. The summed E-state index contributed by atoms with van der Waals surface area (Å²) in [6.45, 7) is 3.72. The van der Waals surface area contributed by atoms with E-state index in [-0.39, 0.29) is 50.7 Å². The average Bonchev–Trinajstić information content (AvgIpc) is 3.09. The number of nitrogens with zero attached hydrogens (tertiary/aromatic N) is 1. The zero-order valence-electron chi connectivity index (χ0n) is 28.3. The maximum atomic E-state index is 13.2. The third kappa shape index (κ3) is 11.5. The predicted octanol–water partition coefficient (Wildman–Crippen LogP) is 10.8. The quantitative estimate of drug-likeness (QED) is 0.0739. The van der Waals surface area contributed by atoms with Gasteiger partial charge in [-0.1, -0.05) is 75.7 Å². The fraction of sp³-hybridized carbons (Fsp3) is 0.250. The zero-order chi connectivity index (χ0) is 38.7. The number of esters is 2. The van der Waals surface area contributed by atoms with Crippen LogP contribution in [0.25, 0.3) is 0 Å². The number of benzene rings is 4. The van der Waals surface area contributed by atoms with Gasteiger partial charge < -0.3 is 23.7 Å². The number of aryl methyl sites for hydroxylation is 2. The first-order valence-electron chi connectivity index (χ1n) is 15.0. The van der Waals surface area contributed by atoms with Crippen molar-refractivity contribution in [1.29, 1.82) is 0 Å². The minimum Gasteiger partial charge on any atom is -0.494 e. The predicted molar refractivity (Wildman–Crippen MR) is 207 cm³/mol. The van der Waals surface area contributed by atoms with E-state index in [1.54, 1.807) is 17.0 Å². The summed E-state index contributed by atoms with van der Waals surface area (Å²) in [5, 5.41) is 0.777. The second-order valence-corrected chi connectivity index (χ2v) is 13.6. The van der Waals surface area contributed by atoms with E-state index in [1.807, 2.05) is 32.0 Å². The van der Waals surface area contributed by atoms with Crippen LogP contribution in [0.5, 0.6) is 5.75 Å². The van der Waals surface area contributed by atoms with Gasteiger partial charge in [0.2, 0.25) is 12.5 Å². The molecule has 0 heterocycles. The van der Waals surface area contributed by atoms with Crippen molar-refractivity contribution in [2.45, 2.75) is 26.3 Å². The number of halogens is 7. The number of carbonyl (C=O) groups is 3. The first-order chi connectivity index (χ1) is 24.6. The maximum Gasteiger partial charge on any atom is 0.341 e. The van der Waals surface area contributed by atoms with Crippen LogP contribution in [0.15, 0.2) is 66.7 Å². The molecule has 278 valence electrons. The van der Waals surface area contributed by atoms with Crippen LogP contribution in [0, 0.1) is 13.8 Å². The Morgan fingerprint density at radius 1 is 0.615 bits per heavy atom. The fourth-order valence-corrected chi connectivity index (χ4v) is 6.07. The first-order valence-corrected chi connectivity index (χ1v) is 17.6. The molecule has 0 saturated carbocycles. The zero-order valence-corrected chi connectivity index (χ0v) is 33.6. The van der Waals surface area contributed by atoms with Gasteiger partial charge in [-0.3, -0.25) is 9.69 Å². The highest BCUT2D eigenvalue weighted by molar-refractivity contribution is 6.69. The van der Waals surface area contributed by atoms with Crippen LogP contribution >= 0.6 is 81.2 Å². The molecule has 9 nitrogen and oxygen atoms in total. The first kappa shape index (κ1) is 43.4. The minimum absolute atomic E-state index is 0.0660. The Morgan fingerprint density at radius 3 is 1.48 bits per heavy atom. The molecule has 2 atom stereocenters. The van der Waals surface area contributed by atoms with Crippen LogP contribution in [-0.2, 0) is 18.9 Å². The van der Waals surface area contributed by atoms with E-state index in [0.717, 1.165) is 11.1 Å². The third-order valence-electron chi connectivity index (χ3n) is 7.27. The van der Waals surface area contributed by atoms with Gasteiger partial charge in [0.1, 0.15) is 13.2 Å². The summed E-state index contributed by atoms with van der Waals surface area (Å²) in [4.78, 5) is 39.0. The Hall–Kier alpha value is -2.96. The molecule has 0 spiro atoms. The Bertz CT molecular complexity index is 1830. The molecule has 16 heteroatoms. The molecule has 4 aromatic carbocycles. The van der Waals surface area contributed by atoms with Crippen molar-refractivity contribution in [3.8, 4) is 5.75 Å². The van der Waals surface area contributed by atoms with Crippen molar-refractivity contribution >= 4 is 104 Å². The SMILES string of the molecule is COCC(OC(=O)c1cc(Cl)ccc1Cl)N(c1ccc(C)c(C)c1)C(COC)OC(=O)c1cc(Cl)ccc1Cl.COc1c(Cl)ccc(Cl)c1C(=O)Cl. The molecule has 0 aliphatic carbocycles. The van der Waals surface area contributed by atoms with Gasteiger partial charge in [-0.2, -0.15) is 0 Å². The second-order valence-electron chi connectivity index (χ2n) is 10.8. The molecule has 0 aliphatic heterocycles. The lowest BCUT2D eigenvalue weighted by molar-refractivity contribution is -0.0341. The number of anilines is 1. The molecule has 0 aromatic heterocycles. The number of ether oxygens (including phenoxy) is 5. The fourth-order valence-electron chi connectivity index (χ4n) is 4.63. The Balaban J connectivity index is 0.000000471. The molecule has 0 saturated heterocycles. The number of methoxy groups -OCH3 is 3. The van der Waals surface area contributed by atoms with Crippen molar-refractivity contribution in [2.24, 2.45) is 0 Å². The average molecular weight is 855 g/mol. The molecule has 4 aromatic rings. The molecule has 0 aliphatic rings. The van der Waals surface area contributed by atoms with E-state index in [2.05, 4.69) is 0 Å². The van der Waals surface area contributed by atoms with Crippen molar-refractivity contribution in [2.75, 3.05) is 39.4 Å². The lowest BCUT2D eigenvalue weighted by atomic mass is 10.1. The van der Waals surface area contributed by atoms with Gasteiger partial charge in [-0.25, -0.2) is 9.59 Å².